The molecule has 0 bridgehead atoms. The van der Waals surface area contributed by atoms with Gasteiger partial charge in [-0.3, -0.25) is 5.01 Å². The summed E-state index contributed by atoms with van der Waals surface area (Å²) in [6.45, 7) is 15.8. The van der Waals surface area contributed by atoms with Crippen LogP contribution in [0.2, 0.25) is 5.82 Å². The van der Waals surface area contributed by atoms with Crippen LogP contribution in [0.3, 0.4) is 0 Å². The molecule has 0 amide bonds. The van der Waals surface area contributed by atoms with Gasteiger partial charge in [0, 0.05) is 25.8 Å². The van der Waals surface area contributed by atoms with Crippen LogP contribution in [-0.2, 0) is 9.31 Å². The van der Waals surface area contributed by atoms with Gasteiger partial charge in [-0.05, 0) is 47.2 Å². The topological polar surface area (TPSA) is 37.3 Å². The predicted octanol–water partition coefficient (Wildman–Crippen LogP) is 2.34. The molecule has 2 heterocycles. The highest BCUT2D eigenvalue weighted by Gasteiger charge is 2.54. The summed E-state index contributed by atoms with van der Waals surface area (Å²) >= 11 is 0. The number of hydrogen-bond donors (Lipinski definition) is 0. The van der Waals surface area contributed by atoms with E-state index in [1.807, 2.05) is 6.21 Å². The molecule has 0 aromatic rings. The Hall–Kier alpha value is -0.585. The van der Waals surface area contributed by atoms with Crippen molar-refractivity contribution in [2.24, 2.45) is 10.5 Å². The molecule has 2 aliphatic rings. The third-order valence-electron chi connectivity index (χ3n) is 4.82. The van der Waals surface area contributed by atoms with Gasteiger partial charge in [0.1, 0.15) is 0 Å². The van der Waals surface area contributed by atoms with Crippen molar-refractivity contribution in [1.82, 2.24) is 9.91 Å². The van der Waals surface area contributed by atoms with E-state index < -0.39 is 0 Å². The summed E-state index contributed by atoms with van der Waals surface area (Å²) in [5, 5.41) is 6.73. The molecule has 22 heavy (non-hydrogen) atoms. The Morgan fingerprint density at radius 2 is 1.77 bits per heavy atom. The molecular weight excluding hydrogens is 277 g/mol. The molecule has 2 rings (SSSR count). The summed E-state index contributed by atoms with van der Waals surface area (Å²) in [5.74, 6) is 0.205. The minimum absolute atomic E-state index is 0.198. The first-order valence-corrected chi connectivity index (χ1v) is 8.21. The first kappa shape index (κ1) is 17.8. The van der Waals surface area contributed by atoms with E-state index in [0.29, 0.717) is 0 Å². The van der Waals surface area contributed by atoms with E-state index in [1.54, 1.807) is 0 Å². The maximum Gasteiger partial charge on any atom is 0.468 e. The van der Waals surface area contributed by atoms with Crippen molar-refractivity contribution in [2.45, 2.75) is 58.6 Å². The van der Waals surface area contributed by atoms with Gasteiger partial charge in [-0.25, -0.2) is 0 Å². The van der Waals surface area contributed by atoms with E-state index in [2.05, 4.69) is 70.6 Å². The average Bonchev–Trinajstić information content (AvgIpc) is 2.79. The maximum absolute atomic E-state index is 6.14. The van der Waals surface area contributed by atoms with E-state index in [-0.39, 0.29) is 29.6 Å². The van der Waals surface area contributed by atoms with Crippen LogP contribution in [0.4, 0.5) is 0 Å². The molecule has 0 aromatic heterocycles. The zero-order valence-corrected chi connectivity index (χ0v) is 15.5. The van der Waals surface area contributed by atoms with Crippen molar-refractivity contribution in [3.8, 4) is 0 Å². The highest BCUT2D eigenvalue weighted by atomic mass is 16.7. The van der Waals surface area contributed by atoms with Crippen LogP contribution in [-0.4, -0.2) is 68.2 Å². The highest BCUT2D eigenvalue weighted by molar-refractivity contribution is 6.52. The van der Waals surface area contributed by atoms with Gasteiger partial charge in [0.15, 0.2) is 0 Å². The summed E-state index contributed by atoms with van der Waals surface area (Å²) in [7, 11) is 4.03. The lowest BCUT2D eigenvalue weighted by Gasteiger charge is -2.32. The molecule has 1 atom stereocenters. The Morgan fingerprint density at radius 3 is 2.27 bits per heavy atom. The van der Waals surface area contributed by atoms with Gasteiger partial charge in [-0.15, -0.1) is 0 Å². The van der Waals surface area contributed by atoms with E-state index >= 15 is 0 Å². The van der Waals surface area contributed by atoms with Crippen LogP contribution in [0.15, 0.2) is 5.10 Å². The van der Waals surface area contributed by atoms with Crippen LogP contribution in [0.25, 0.3) is 0 Å². The Kier molecular flexibility index (Phi) is 4.69. The molecule has 0 spiro atoms. The van der Waals surface area contributed by atoms with Crippen molar-refractivity contribution in [2.75, 3.05) is 33.7 Å². The Labute approximate surface area is 136 Å². The molecular formula is C16H32BN3O2. The minimum Gasteiger partial charge on any atom is -0.403 e. The van der Waals surface area contributed by atoms with Crippen molar-refractivity contribution in [3.63, 3.8) is 0 Å². The zero-order valence-electron chi connectivity index (χ0n) is 15.5. The molecule has 126 valence electrons. The maximum atomic E-state index is 6.14. The Morgan fingerprint density at radius 1 is 1.23 bits per heavy atom. The Balaban J connectivity index is 1.91. The molecule has 6 heteroatoms. The number of nitrogens with zero attached hydrogens (tertiary/aromatic N) is 3. The number of hydrogen-bond acceptors (Lipinski definition) is 5. The van der Waals surface area contributed by atoms with Crippen LogP contribution in [0.1, 0.15) is 41.5 Å². The monoisotopic (exact) mass is 309 g/mol. The summed E-state index contributed by atoms with van der Waals surface area (Å²) in [5.41, 5.74) is -0.349. The van der Waals surface area contributed by atoms with Crippen LogP contribution >= 0.6 is 0 Å². The second-order valence-corrected chi connectivity index (χ2v) is 8.80. The molecule has 5 nitrogen and oxygen atoms in total. The molecule has 1 saturated heterocycles. The smallest absolute Gasteiger partial charge is 0.403 e. The van der Waals surface area contributed by atoms with E-state index in [9.17, 15) is 0 Å². The SMILES string of the molecule is CN(C)CC(C)(C)CN1CC(B2OC(C)(C)C(C)(C)O2)C=N1. The number of rotatable bonds is 5. The molecule has 2 aliphatic heterocycles. The third kappa shape index (κ3) is 3.84. The van der Waals surface area contributed by atoms with Gasteiger partial charge in [0.05, 0.1) is 17.0 Å². The van der Waals surface area contributed by atoms with Crippen LogP contribution in [0, 0.1) is 5.41 Å². The molecule has 0 saturated carbocycles. The third-order valence-corrected chi connectivity index (χ3v) is 4.82. The fourth-order valence-electron chi connectivity index (χ4n) is 3.24. The number of hydrazone groups is 1. The van der Waals surface area contributed by atoms with Gasteiger partial charge in [-0.2, -0.15) is 5.10 Å². The van der Waals surface area contributed by atoms with Gasteiger partial charge >= 0.3 is 7.12 Å². The lowest BCUT2D eigenvalue weighted by molar-refractivity contribution is 0.00578. The second-order valence-electron chi connectivity index (χ2n) is 8.80. The fraction of sp³-hybridized carbons (Fsp3) is 0.938. The van der Waals surface area contributed by atoms with E-state index in [0.717, 1.165) is 19.6 Å². The molecule has 0 aromatic carbocycles. The van der Waals surface area contributed by atoms with Gasteiger partial charge < -0.3 is 14.2 Å². The quantitative estimate of drug-likeness (QED) is 0.731. The lowest BCUT2D eigenvalue weighted by Crippen LogP contribution is -2.41. The standard InChI is InChI=1S/C16H32BN3O2/c1-14(2,11-19(7)8)12-20-10-13(9-18-20)17-21-15(3,4)16(5,6)22-17/h9,13H,10-12H2,1-8H3. The average molecular weight is 309 g/mol. The predicted molar refractivity (Wildman–Crippen MR) is 92.2 cm³/mol. The van der Waals surface area contributed by atoms with E-state index in [4.69, 9.17) is 9.31 Å². The molecule has 1 fully saturated rings. The van der Waals surface area contributed by atoms with Gasteiger partial charge in [0.2, 0.25) is 0 Å². The van der Waals surface area contributed by atoms with Crippen molar-refractivity contribution in [3.05, 3.63) is 0 Å². The molecule has 1 unspecified atom stereocenters. The molecule has 0 N–H and O–H groups in total. The second kappa shape index (κ2) is 5.80. The highest BCUT2D eigenvalue weighted by Crippen LogP contribution is 2.40. The summed E-state index contributed by atoms with van der Waals surface area (Å²) in [4.78, 5) is 2.23. The minimum atomic E-state index is -0.275. The van der Waals surface area contributed by atoms with Crippen molar-refractivity contribution in [1.29, 1.82) is 0 Å². The largest absolute Gasteiger partial charge is 0.468 e. The van der Waals surface area contributed by atoms with Gasteiger partial charge in [0.25, 0.3) is 0 Å². The van der Waals surface area contributed by atoms with E-state index in [1.165, 1.54) is 0 Å². The summed E-state index contributed by atoms with van der Waals surface area (Å²) in [6, 6.07) is 0. The van der Waals surface area contributed by atoms with Crippen LogP contribution < -0.4 is 0 Å². The first-order chi connectivity index (χ1) is 9.92. The first-order valence-electron chi connectivity index (χ1n) is 8.21. The Bertz CT molecular complexity index is 419. The fourth-order valence-corrected chi connectivity index (χ4v) is 3.24. The zero-order chi connectivity index (χ0) is 16.8. The summed E-state index contributed by atoms with van der Waals surface area (Å²) < 4.78 is 12.3. The van der Waals surface area contributed by atoms with Crippen molar-refractivity contribution >= 4 is 13.3 Å². The normalized spacial score (nSPS) is 27.2. The molecule has 0 radical (unpaired) electrons. The van der Waals surface area contributed by atoms with Gasteiger partial charge in [-0.1, -0.05) is 13.8 Å². The summed E-state index contributed by atoms with van der Waals surface area (Å²) in [6.07, 6.45) is 1.99. The van der Waals surface area contributed by atoms with Crippen molar-refractivity contribution < 1.29 is 9.31 Å². The lowest BCUT2D eigenvalue weighted by atomic mass is 9.73. The van der Waals surface area contributed by atoms with Crippen LogP contribution in [0.5, 0.6) is 0 Å². The molecule has 0 aliphatic carbocycles.